The number of Topliss-reactive ketones (excluding diaryl/α,β-unsaturated/α-hetero) is 1. The summed E-state index contributed by atoms with van der Waals surface area (Å²) in [6.45, 7) is 3.89. The number of ketones is 1. The number of rotatable bonds is 7. The molecule has 1 N–H and O–H groups in total. The van der Waals surface area contributed by atoms with E-state index >= 15 is 0 Å². The van der Waals surface area contributed by atoms with E-state index in [-0.39, 0.29) is 12.4 Å². The standard InChI is InChI=1S/C17H25NO2/c1-2-14-7-9-15(10-8-14)17(20)13-18-11-3-5-16(18)6-4-12-19/h7-10,16,19H,2-6,11-13H2,1H3. The molecule has 1 aliphatic rings. The Morgan fingerprint density at radius 3 is 2.75 bits per heavy atom. The maximum Gasteiger partial charge on any atom is 0.176 e. The molecular weight excluding hydrogens is 250 g/mol. The number of benzene rings is 1. The van der Waals surface area contributed by atoms with Crippen molar-refractivity contribution in [2.24, 2.45) is 0 Å². The molecule has 1 aromatic rings. The minimum absolute atomic E-state index is 0.212. The molecule has 1 saturated heterocycles. The molecule has 2 rings (SSSR count). The topological polar surface area (TPSA) is 40.5 Å². The Labute approximate surface area is 121 Å². The molecule has 20 heavy (non-hydrogen) atoms. The Balaban J connectivity index is 1.92. The molecular formula is C17H25NO2. The van der Waals surface area contributed by atoms with Gasteiger partial charge in [-0.15, -0.1) is 0 Å². The Kier molecular flexibility index (Phi) is 5.74. The second kappa shape index (κ2) is 7.55. The molecule has 0 bridgehead atoms. The van der Waals surface area contributed by atoms with Gasteiger partial charge in [0.05, 0.1) is 6.54 Å². The van der Waals surface area contributed by atoms with E-state index in [1.807, 2.05) is 24.3 Å². The quantitative estimate of drug-likeness (QED) is 0.778. The molecule has 3 heteroatoms. The van der Waals surface area contributed by atoms with Gasteiger partial charge >= 0.3 is 0 Å². The predicted octanol–water partition coefficient (Wildman–Crippen LogP) is 2.67. The third-order valence-corrected chi connectivity index (χ3v) is 4.23. The van der Waals surface area contributed by atoms with Crippen molar-refractivity contribution in [1.82, 2.24) is 4.90 Å². The minimum atomic E-state index is 0.212. The summed E-state index contributed by atoms with van der Waals surface area (Å²) >= 11 is 0. The lowest BCUT2D eigenvalue weighted by molar-refractivity contribution is 0.0916. The second-order valence-electron chi connectivity index (χ2n) is 5.61. The maximum atomic E-state index is 12.3. The lowest BCUT2D eigenvalue weighted by Crippen LogP contribution is -2.34. The molecule has 1 aromatic carbocycles. The van der Waals surface area contributed by atoms with Crippen molar-refractivity contribution in [1.29, 1.82) is 0 Å². The summed E-state index contributed by atoms with van der Waals surface area (Å²) < 4.78 is 0. The van der Waals surface area contributed by atoms with Crippen molar-refractivity contribution in [3.8, 4) is 0 Å². The van der Waals surface area contributed by atoms with Gasteiger partial charge < -0.3 is 5.11 Å². The van der Waals surface area contributed by atoms with Crippen LogP contribution in [0.25, 0.3) is 0 Å². The number of aliphatic hydroxyl groups excluding tert-OH is 1. The first-order valence-corrected chi connectivity index (χ1v) is 7.71. The highest BCUT2D eigenvalue weighted by Crippen LogP contribution is 2.21. The highest BCUT2D eigenvalue weighted by atomic mass is 16.2. The van der Waals surface area contributed by atoms with Crippen LogP contribution in [-0.2, 0) is 6.42 Å². The fraction of sp³-hybridized carbons (Fsp3) is 0.588. The van der Waals surface area contributed by atoms with Gasteiger partial charge in [0.25, 0.3) is 0 Å². The summed E-state index contributed by atoms with van der Waals surface area (Å²) in [5, 5.41) is 8.94. The smallest absolute Gasteiger partial charge is 0.176 e. The lowest BCUT2D eigenvalue weighted by Gasteiger charge is -2.23. The van der Waals surface area contributed by atoms with Gasteiger partial charge in [0.2, 0.25) is 0 Å². The van der Waals surface area contributed by atoms with Crippen LogP contribution in [-0.4, -0.2) is 41.5 Å². The molecule has 0 saturated carbocycles. The third-order valence-electron chi connectivity index (χ3n) is 4.23. The van der Waals surface area contributed by atoms with Gasteiger partial charge in [0.1, 0.15) is 0 Å². The van der Waals surface area contributed by atoms with Gasteiger partial charge in [-0.05, 0) is 44.2 Å². The predicted molar refractivity (Wildman–Crippen MR) is 81.1 cm³/mol. The van der Waals surface area contributed by atoms with E-state index in [2.05, 4.69) is 11.8 Å². The number of hydrogen-bond acceptors (Lipinski definition) is 3. The molecule has 3 nitrogen and oxygen atoms in total. The Hall–Kier alpha value is -1.19. The summed E-state index contributed by atoms with van der Waals surface area (Å²) in [5.74, 6) is 0.212. The van der Waals surface area contributed by atoms with Crippen molar-refractivity contribution in [2.45, 2.75) is 45.1 Å². The molecule has 0 aromatic heterocycles. The summed E-state index contributed by atoms with van der Waals surface area (Å²) in [7, 11) is 0. The Bertz CT molecular complexity index is 427. The van der Waals surface area contributed by atoms with Crippen LogP contribution in [0.5, 0.6) is 0 Å². The zero-order valence-electron chi connectivity index (χ0n) is 12.3. The first-order valence-electron chi connectivity index (χ1n) is 7.71. The maximum absolute atomic E-state index is 12.3. The van der Waals surface area contributed by atoms with E-state index in [9.17, 15) is 4.79 Å². The van der Waals surface area contributed by atoms with Gasteiger partial charge in [-0.1, -0.05) is 31.2 Å². The van der Waals surface area contributed by atoms with Crippen LogP contribution in [0.2, 0.25) is 0 Å². The van der Waals surface area contributed by atoms with Crippen molar-refractivity contribution >= 4 is 5.78 Å². The monoisotopic (exact) mass is 275 g/mol. The van der Waals surface area contributed by atoms with Crippen molar-refractivity contribution in [3.05, 3.63) is 35.4 Å². The van der Waals surface area contributed by atoms with Gasteiger partial charge in [0.15, 0.2) is 5.78 Å². The van der Waals surface area contributed by atoms with E-state index in [0.717, 1.165) is 44.2 Å². The Morgan fingerprint density at radius 2 is 2.10 bits per heavy atom. The van der Waals surface area contributed by atoms with Crippen LogP contribution in [0.4, 0.5) is 0 Å². The third kappa shape index (κ3) is 3.90. The molecule has 110 valence electrons. The number of likely N-dealkylation sites (tertiary alicyclic amines) is 1. The highest BCUT2D eigenvalue weighted by molar-refractivity contribution is 5.97. The van der Waals surface area contributed by atoms with Crippen LogP contribution in [0.1, 0.15) is 48.5 Å². The van der Waals surface area contributed by atoms with Gasteiger partial charge in [-0.3, -0.25) is 9.69 Å². The minimum Gasteiger partial charge on any atom is -0.396 e. The first-order chi connectivity index (χ1) is 9.74. The molecule has 1 heterocycles. The largest absolute Gasteiger partial charge is 0.396 e. The number of nitrogens with zero attached hydrogens (tertiary/aromatic N) is 1. The van der Waals surface area contributed by atoms with E-state index in [1.165, 1.54) is 5.56 Å². The fourth-order valence-electron chi connectivity index (χ4n) is 2.96. The van der Waals surface area contributed by atoms with Crippen molar-refractivity contribution in [3.63, 3.8) is 0 Å². The number of carbonyl (C=O) groups is 1. The Morgan fingerprint density at radius 1 is 1.35 bits per heavy atom. The molecule has 1 unspecified atom stereocenters. The molecule has 1 aliphatic heterocycles. The molecule has 1 fully saturated rings. The molecule has 1 atom stereocenters. The van der Waals surface area contributed by atoms with Gasteiger partial charge in [-0.2, -0.15) is 0 Å². The molecule has 0 radical (unpaired) electrons. The zero-order chi connectivity index (χ0) is 14.4. The second-order valence-corrected chi connectivity index (χ2v) is 5.61. The molecule has 0 aliphatic carbocycles. The zero-order valence-corrected chi connectivity index (χ0v) is 12.3. The first kappa shape index (κ1) is 15.2. The SMILES string of the molecule is CCc1ccc(C(=O)CN2CCCC2CCCO)cc1. The van der Waals surface area contributed by atoms with Crippen LogP contribution < -0.4 is 0 Å². The van der Waals surface area contributed by atoms with Crippen molar-refractivity contribution in [2.75, 3.05) is 19.7 Å². The summed E-state index contributed by atoms with van der Waals surface area (Å²) in [6, 6.07) is 8.45. The van der Waals surface area contributed by atoms with E-state index < -0.39 is 0 Å². The number of aliphatic hydroxyl groups is 1. The summed E-state index contributed by atoms with van der Waals surface area (Å²) in [4.78, 5) is 14.6. The van der Waals surface area contributed by atoms with Gasteiger partial charge in [-0.25, -0.2) is 0 Å². The van der Waals surface area contributed by atoms with Crippen LogP contribution in [0, 0.1) is 0 Å². The normalized spacial score (nSPS) is 19.4. The number of hydrogen-bond donors (Lipinski definition) is 1. The van der Waals surface area contributed by atoms with Crippen LogP contribution in [0.3, 0.4) is 0 Å². The molecule has 0 amide bonds. The molecule has 0 spiro atoms. The van der Waals surface area contributed by atoms with E-state index in [4.69, 9.17) is 5.11 Å². The van der Waals surface area contributed by atoms with Crippen LogP contribution in [0.15, 0.2) is 24.3 Å². The number of carbonyl (C=O) groups excluding carboxylic acids is 1. The fourth-order valence-corrected chi connectivity index (χ4v) is 2.96. The van der Waals surface area contributed by atoms with Crippen LogP contribution >= 0.6 is 0 Å². The van der Waals surface area contributed by atoms with Gasteiger partial charge in [0, 0.05) is 18.2 Å². The average Bonchev–Trinajstić information content (AvgIpc) is 2.92. The lowest BCUT2D eigenvalue weighted by atomic mass is 10.1. The average molecular weight is 275 g/mol. The number of aryl methyl sites for hydroxylation is 1. The van der Waals surface area contributed by atoms with E-state index in [0.29, 0.717) is 12.6 Å². The van der Waals surface area contributed by atoms with E-state index in [1.54, 1.807) is 0 Å². The summed E-state index contributed by atoms with van der Waals surface area (Å²) in [5.41, 5.74) is 2.08. The summed E-state index contributed by atoms with van der Waals surface area (Å²) in [6.07, 6.45) is 5.16. The highest BCUT2D eigenvalue weighted by Gasteiger charge is 2.25. The van der Waals surface area contributed by atoms with Crippen molar-refractivity contribution < 1.29 is 9.90 Å².